The second kappa shape index (κ2) is 7.79. The van der Waals surface area contributed by atoms with Crippen molar-refractivity contribution in [2.45, 2.75) is 59.4 Å². The van der Waals surface area contributed by atoms with E-state index < -0.39 is 0 Å². The molecule has 0 amide bonds. The van der Waals surface area contributed by atoms with Crippen LogP contribution in [0.25, 0.3) is 0 Å². The number of hydrogen-bond donors (Lipinski definition) is 1. The van der Waals surface area contributed by atoms with Crippen LogP contribution in [-0.4, -0.2) is 24.6 Å². The highest BCUT2D eigenvalue weighted by atomic mass is 15.2. The van der Waals surface area contributed by atoms with Crippen LogP contribution in [0.2, 0.25) is 0 Å². The molecule has 0 saturated carbocycles. The molecule has 0 aromatic carbocycles. The summed E-state index contributed by atoms with van der Waals surface area (Å²) in [5.74, 6) is 2.52. The third kappa shape index (κ3) is 4.70. The molecule has 2 heterocycles. The molecule has 0 bridgehead atoms. The summed E-state index contributed by atoms with van der Waals surface area (Å²) in [6.07, 6.45) is 3.93. The summed E-state index contributed by atoms with van der Waals surface area (Å²) in [6, 6.07) is 4.54. The van der Waals surface area contributed by atoms with Crippen LogP contribution in [-0.2, 0) is 6.54 Å². The molecule has 3 heteroatoms. The zero-order valence-corrected chi connectivity index (χ0v) is 14.2. The Hall–Kier alpha value is -1.09. The van der Waals surface area contributed by atoms with Crippen LogP contribution in [0.4, 0.5) is 5.82 Å². The molecule has 3 nitrogen and oxygen atoms in total. The monoisotopic (exact) mass is 289 g/mol. The van der Waals surface area contributed by atoms with Gasteiger partial charge in [0.05, 0.1) is 0 Å². The van der Waals surface area contributed by atoms with Gasteiger partial charge in [-0.05, 0) is 55.3 Å². The van der Waals surface area contributed by atoms with E-state index in [1.54, 1.807) is 0 Å². The van der Waals surface area contributed by atoms with E-state index in [9.17, 15) is 0 Å². The SMILES string of the molecule is CCNCc1cc(C(C)C)nc(N2CCCC(C)CC2)c1. The lowest BCUT2D eigenvalue weighted by molar-refractivity contribution is 0.521. The average molecular weight is 289 g/mol. The van der Waals surface area contributed by atoms with Crippen LogP contribution in [0.5, 0.6) is 0 Å². The summed E-state index contributed by atoms with van der Waals surface area (Å²) in [4.78, 5) is 7.42. The molecule has 1 saturated heterocycles. The second-order valence-corrected chi connectivity index (χ2v) is 6.72. The van der Waals surface area contributed by atoms with E-state index in [4.69, 9.17) is 4.98 Å². The number of pyridine rings is 1. The maximum atomic E-state index is 4.93. The predicted molar refractivity (Wildman–Crippen MR) is 90.9 cm³/mol. The number of hydrogen-bond acceptors (Lipinski definition) is 3. The minimum Gasteiger partial charge on any atom is -0.357 e. The number of aromatic nitrogens is 1. The van der Waals surface area contributed by atoms with Gasteiger partial charge in [0.2, 0.25) is 0 Å². The number of nitrogens with one attached hydrogen (secondary N) is 1. The molecule has 1 unspecified atom stereocenters. The van der Waals surface area contributed by atoms with Crippen molar-refractivity contribution in [2.24, 2.45) is 5.92 Å². The summed E-state index contributed by atoms with van der Waals surface area (Å²) < 4.78 is 0. The Morgan fingerprint density at radius 3 is 2.81 bits per heavy atom. The van der Waals surface area contributed by atoms with Crippen LogP contribution in [0.15, 0.2) is 12.1 Å². The van der Waals surface area contributed by atoms with E-state index in [1.807, 2.05) is 0 Å². The van der Waals surface area contributed by atoms with Crippen molar-refractivity contribution in [3.63, 3.8) is 0 Å². The van der Waals surface area contributed by atoms with Crippen molar-refractivity contribution < 1.29 is 0 Å². The van der Waals surface area contributed by atoms with Crippen LogP contribution in [0.3, 0.4) is 0 Å². The quantitative estimate of drug-likeness (QED) is 0.890. The zero-order valence-electron chi connectivity index (χ0n) is 14.2. The van der Waals surface area contributed by atoms with Crippen LogP contribution in [0, 0.1) is 5.92 Å². The van der Waals surface area contributed by atoms with E-state index in [0.717, 1.165) is 32.1 Å². The first-order chi connectivity index (χ1) is 10.1. The average Bonchev–Trinajstić information content (AvgIpc) is 2.69. The molecule has 0 aliphatic carbocycles. The van der Waals surface area contributed by atoms with Crippen molar-refractivity contribution in [3.05, 3.63) is 23.4 Å². The maximum absolute atomic E-state index is 4.93. The first-order valence-corrected chi connectivity index (χ1v) is 8.56. The molecule has 1 fully saturated rings. The fourth-order valence-corrected chi connectivity index (χ4v) is 2.92. The first kappa shape index (κ1) is 16.3. The fourth-order valence-electron chi connectivity index (χ4n) is 2.92. The van der Waals surface area contributed by atoms with Crippen LogP contribution in [0.1, 0.15) is 64.1 Å². The molecule has 1 aromatic rings. The van der Waals surface area contributed by atoms with Gasteiger partial charge in [-0.1, -0.05) is 27.7 Å². The summed E-state index contributed by atoms with van der Waals surface area (Å²) in [6.45, 7) is 13.2. The molecule has 2 rings (SSSR count). The fraction of sp³-hybridized carbons (Fsp3) is 0.722. The van der Waals surface area contributed by atoms with Crippen molar-refractivity contribution in [1.29, 1.82) is 0 Å². The molecule has 0 radical (unpaired) electrons. The molecular formula is C18H31N3. The first-order valence-electron chi connectivity index (χ1n) is 8.56. The summed E-state index contributed by atoms with van der Waals surface area (Å²) in [5, 5.41) is 3.43. The summed E-state index contributed by atoms with van der Waals surface area (Å²) in [5.41, 5.74) is 2.58. The van der Waals surface area contributed by atoms with E-state index in [2.05, 4.69) is 50.0 Å². The summed E-state index contributed by atoms with van der Waals surface area (Å²) in [7, 11) is 0. The highest BCUT2D eigenvalue weighted by molar-refractivity contribution is 5.43. The molecule has 1 aliphatic rings. The Balaban J connectivity index is 2.21. The minimum atomic E-state index is 0.483. The summed E-state index contributed by atoms with van der Waals surface area (Å²) >= 11 is 0. The van der Waals surface area contributed by atoms with E-state index in [-0.39, 0.29) is 0 Å². The molecule has 1 aliphatic heterocycles. The van der Waals surface area contributed by atoms with Crippen molar-refractivity contribution in [2.75, 3.05) is 24.5 Å². The second-order valence-electron chi connectivity index (χ2n) is 6.72. The van der Waals surface area contributed by atoms with Crippen molar-refractivity contribution in [3.8, 4) is 0 Å². The maximum Gasteiger partial charge on any atom is 0.129 e. The van der Waals surface area contributed by atoms with E-state index >= 15 is 0 Å². The van der Waals surface area contributed by atoms with Crippen molar-refractivity contribution in [1.82, 2.24) is 10.3 Å². The highest BCUT2D eigenvalue weighted by Gasteiger charge is 2.16. The lowest BCUT2D eigenvalue weighted by Gasteiger charge is -2.23. The molecular weight excluding hydrogens is 258 g/mol. The van der Waals surface area contributed by atoms with Gasteiger partial charge in [-0.3, -0.25) is 0 Å². The Morgan fingerprint density at radius 2 is 2.10 bits per heavy atom. The smallest absolute Gasteiger partial charge is 0.129 e. The molecule has 1 aromatic heterocycles. The zero-order chi connectivity index (χ0) is 15.2. The van der Waals surface area contributed by atoms with Gasteiger partial charge in [0.1, 0.15) is 5.82 Å². The van der Waals surface area contributed by atoms with E-state index in [0.29, 0.717) is 5.92 Å². The molecule has 21 heavy (non-hydrogen) atoms. The largest absolute Gasteiger partial charge is 0.357 e. The van der Waals surface area contributed by atoms with Gasteiger partial charge in [-0.2, -0.15) is 0 Å². The van der Waals surface area contributed by atoms with Gasteiger partial charge in [-0.25, -0.2) is 4.98 Å². The molecule has 1 atom stereocenters. The Morgan fingerprint density at radius 1 is 1.29 bits per heavy atom. The van der Waals surface area contributed by atoms with Gasteiger partial charge >= 0.3 is 0 Å². The lowest BCUT2D eigenvalue weighted by atomic mass is 10.0. The Labute approximate surface area is 130 Å². The minimum absolute atomic E-state index is 0.483. The van der Waals surface area contributed by atoms with Gasteiger partial charge in [0, 0.05) is 25.3 Å². The van der Waals surface area contributed by atoms with Gasteiger partial charge in [0.15, 0.2) is 0 Å². The molecule has 1 N–H and O–H groups in total. The number of rotatable bonds is 5. The van der Waals surface area contributed by atoms with Crippen molar-refractivity contribution >= 4 is 5.82 Å². The highest BCUT2D eigenvalue weighted by Crippen LogP contribution is 2.24. The third-order valence-corrected chi connectivity index (χ3v) is 4.40. The Kier molecular flexibility index (Phi) is 6.04. The van der Waals surface area contributed by atoms with Gasteiger partial charge in [0.25, 0.3) is 0 Å². The standard InChI is InChI=1S/C18H31N3/c1-5-19-13-16-11-17(14(2)3)20-18(12-16)21-9-6-7-15(4)8-10-21/h11-12,14-15,19H,5-10,13H2,1-4H3. The third-order valence-electron chi connectivity index (χ3n) is 4.40. The lowest BCUT2D eigenvalue weighted by Crippen LogP contribution is -2.26. The number of nitrogens with zero attached hydrogens (tertiary/aromatic N) is 2. The van der Waals surface area contributed by atoms with Crippen LogP contribution >= 0.6 is 0 Å². The van der Waals surface area contributed by atoms with Crippen LogP contribution < -0.4 is 10.2 Å². The predicted octanol–water partition coefficient (Wildman–Crippen LogP) is 3.94. The van der Waals surface area contributed by atoms with Gasteiger partial charge < -0.3 is 10.2 Å². The molecule has 118 valence electrons. The Bertz CT molecular complexity index is 442. The normalized spacial score (nSPS) is 19.9. The molecule has 0 spiro atoms. The number of anilines is 1. The topological polar surface area (TPSA) is 28.2 Å². The van der Waals surface area contributed by atoms with Gasteiger partial charge in [-0.15, -0.1) is 0 Å². The van der Waals surface area contributed by atoms with E-state index in [1.165, 1.54) is 36.3 Å².